The van der Waals surface area contributed by atoms with Gasteiger partial charge in [-0.15, -0.1) is 0 Å². The van der Waals surface area contributed by atoms with Crippen molar-refractivity contribution in [1.29, 1.82) is 0 Å². The Bertz CT molecular complexity index is 710. The molecule has 7 heteroatoms. The standard InChI is InChI=1S/C17H23N3O3S/c1-11(2)15-9-18-16(23-15)13-5-7-14(8-6-13)20-17(21)19-12(3)10-24(4)22/h5-9,11-12H,10H2,1-4H3,(H2,19,20,21)/t12-,24-/m1/s1. The summed E-state index contributed by atoms with van der Waals surface area (Å²) in [4.78, 5) is 16.2. The van der Waals surface area contributed by atoms with Gasteiger partial charge in [-0.1, -0.05) is 13.8 Å². The minimum Gasteiger partial charge on any atom is -0.441 e. The van der Waals surface area contributed by atoms with E-state index in [-0.39, 0.29) is 18.0 Å². The largest absolute Gasteiger partial charge is 0.441 e. The van der Waals surface area contributed by atoms with E-state index in [4.69, 9.17) is 4.42 Å². The molecule has 0 aliphatic heterocycles. The van der Waals surface area contributed by atoms with Crippen LogP contribution in [0.1, 0.15) is 32.4 Å². The average Bonchev–Trinajstić information content (AvgIpc) is 2.96. The lowest BCUT2D eigenvalue weighted by Crippen LogP contribution is -2.39. The molecule has 0 aliphatic carbocycles. The van der Waals surface area contributed by atoms with E-state index < -0.39 is 10.8 Å². The van der Waals surface area contributed by atoms with Crippen molar-refractivity contribution < 1.29 is 13.4 Å². The number of amides is 2. The third-order valence-electron chi connectivity index (χ3n) is 3.34. The molecule has 2 aromatic rings. The molecule has 130 valence electrons. The molecule has 0 saturated carbocycles. The Hall–Kier alpha value is -2.15. The molecule has 2 atom stereocenters. The quantitative estimate of drug-likeness (QED) is 0.837. The lowest BCUT2D eigenvalue weighted by Gasteiger charge is -2.13. The number of rotatable bonds is 6. The van der Waals surface area contributed by atoms with E-state index >= 15 is 0 Å². The fourth-order valence-electron chi connectivity index (χ4n) is 2.17. The number of oxazole rings is 1. The van der Waals surface area contributed by atoms with Crippen molar-refractivity contribution in [2.75, 3.05) is 17.3 Å². The van der Waals surface area contributed by atoms with E-state index in [1.54, 1.807) is 24.6 Å². The number of aromatic nitrogens is 1. The number of anilines is 1. The molecule has 0 bridgehead atoms. The van der Waals surface area contributed by atoms with Crippen LogP contribution in [-0.4, -0.2) is 33.3 Å². The molecule has 0 saturated heterocycles. The predicted octanol–water partition coefficient (Wildman–Crippen LogP) is 3.35. The maximum atomic E-state index is 11.9. The second-order valence-corrected chi connectivity index (χ2v) is 7.52. The summed E-state index contributed by atoms with van der Waals surface area (Å²) in [5, 5.41) is 5.50. The van der Waals surface area contributed by atoms with E-state index in [0.717, 1.165) is 11.3 Å². The molecule has 2 rings (SSSR count). The van der Waals surface area contributed by atoms with Gasteiger partial charge in [0.1, 0.15) is 5.76 Å². The van der Waals surface area contributed by atoms with Gasteiger partial charge in [0.05, 0.1) is 6.20 Å². The summed E-state index contributed by atoms with van der Waals surface area (Å²) < 4.78 is 16.8. The van der Waals surface area contributed by atoms with Crippen molar-refractivity contribution >= 4 is 22.5 Å². The predicted molar refractivity (Wildman–Crippen MR) is 96.6 cm³/mol. The van der Waals surface area contributed by atoms with Crippen molar-refractivity contribution in [3.05, 3.63) is 36.2 Å². The molecule has 6 nitrogen and oxygen atoms in total. The van der Waals surface area contributed by atoms with Gasteiger partial charge in [0.15, 0.2) is 0 Å². The van der Waals surface area contributed by atoms with Gasteiger partial charge >= 0.3 is 6.03 Å². The van der Waals surface area contributed by atoms with Crippen LogP contribution < -0.4 is 10.6 Å². The molecule has 2 amide bonds. The highest BCUT2D eigenvalue weighted by atomic mass is 32.2. The van der Waals surface area contributed by atoms with Crippen molar-refractivity contribution in [3.63, 3.8) is 0 Å². The molecular weight excluding hydrogens is 326 g/mol. The van der Waals surface area contributed by atoms with E-state index in [0.29, 0.717) is 17.3 Å². The lowest BCUT2D eigenvalue weighted by atomic mass is 10.2. The molecule has 24 heavy (non-hydrogen) atoms. The van der Waals surface area contributed by atoms with Gasteiger partial charge < -0.3 is 15.1 Å². The monoisotopic (exact) mass is 349 g/mol. The Kier molecular flexibility index (Phi) is 6.14. The van der Waals surface area contributed by atoms with E-state index in [9.17, 15) is 9.00 Å². The molecule has 0 fully saturated rings. The number of carbonyl (C=O) groups is 1. The number of carbonyl (C=O) groups excluding carboxylic acids is 1. The number of nitrogens with one attached hydrogen (secondary N) is 2. The molecular formula is C17H23N3O3S. The van der Waals surface area contributed by atoms with Crippen molar-refractivity contribution in [1.82, 2.24) is 10.3 Å². The van der Waals surface area contributed by atoms with Crippen LogP contribution in [-0.2, 0) is 10.8 Å². The first-order valence-corrected chi connectivity index (χ1v) is 9.51. The second-order valence-electron chi connectivity index (χ2n) is 6.04. The summed E-state index contributed by atoms with van der Waals surface area (Å²) in [7, 11) is -0.944. The highest BCUT2D eigenvalue weighted by molar-refractivity contribution is 7.84. The highest BCUT2D eigenvalue weighted by Gasteiger charge is 2.11. The average molecular weight is 349 g/mol. The van der Waals surface area contributed by atoms with Gasteiger partial charge in [0.25, 0.3) is 0 Å². The van der Waals surface area contributed by atoms with Gasteiger partial charge in [0, 0.05) is 46.0 Å². The van der Waals surface area contributed by atoms with Gasteiger partial charge in [-0.25, -0.2) is 9.78 Å². The van der Waals surface area contributed by atoms with Crippen LogP contribution in [0.4, 0.5) is 10.5 Å². The SMILES string of the molecule is CC(C)c1cnc(-c2ccc(NC(=O)N[C@H](C)C[S@@](C)=O)cc2)o1. The van der Waals surface area contributed by atoms with Crippen molar-refractivity contribution in [3.8, 4) is 11.5 Å². The number of nitrogens with zero attached hydrogens (tertiary/aromatic N) is 1. The number of urea groups is 1. The minimum absolute atomic E-state index is 0.156. The second kappa shape index (κ2) is 8.10. The molecule has 0 spiro atoms. The maximum Gasteiger partial charge on any atom is 0.319 e. The fraction of sp³-hybridized carbons (Fsp3) is 0.412. The third-order valence-corrected chi connectivity index (χ3v) is 4.31. The molecule has 1 aromatic heterocycles. The summed E-state index contributed by atoms with van der Waals surface area (Å²) in [5.74, 6) is 2.12. The molecule has 1 heterocycles. The molecule has 0 radical (unpaired) electrons. The Morgan fingerprint density at radius 1 is 1.25 bits per heavy atom. The number of hydrogen-bond acceptors (Lipinski definition) is 4. The molecule has 1 aromatic carbocycles. The number of hydrogen-bond donors (Lipinski definition) is 2. The van der Waals surface area contributed by atoms with Crippen LogP contribution in [0.5, 0.6) is 0 Å². The Balaban J connectivity index is 1.96. The van der Waals surface area contributed by atoms with E-state index in [1.165, 1.54) is 0 Å². The topological polar surface area (TPSA) is 84.2 Å². The van der Waals surface area contributed by atoms with E-state index in [2.05, 4.69) is 15.6 Å². The van der Waals surface area contributed by atoms with Crippen LogP contribution in [0.3, 0.4) is 0 Å². The number of benzene rings is 1. The molecule has 0 aliphatic rings. The zero-order chi connectivity index (χ0) is 17.7. The zero-order valence-electron chi connectivity index (χ0n) is 14.3. The van der Waals surface area contributed by atoms with Crippen LogP contribution in [0.25, 0.3) is 11.5 Å². The zero-order valence-corrected chi connectivity index (χ0v) is 15.1. The first-order chi connectivity index (χ1) is 11.3. The molecule has 0 unspecified atom stereocenters. The normalized spacial score (nSPS) is 13.5. The Labute approximate surface area is 144 Å². The summed E-state index contributed by atoms with van der Waals surface area (Å²) in [5.41, 5.74) is 1.51. The van der Waals surface area contributed by atoms with Crippen LogP contribution >= 0.6 is 0 Å². The minimum atomic E-state index is -0.944. The summed E-state index contributed by atoms with van der Waals surface area (Å²) in [6.07, 6.45) is 3.35. The van der Waals surface area contributed by atoms with Crippen LogP contribution in [0, 0.1) is 0 Å². The van der Waals surface area contributed by atoms with Gasteiger partial charge in [-0.05, 0) is 31.2 Å². The van der Waals surface area contributed by atoms with Gasteiger partial charge in [-0.3, -0.25) is 4.21 Å². The van der Waals surface area contributed by atoms with Gasteiger partial charge in [-0.2, -0.15) is 0 Å². The van der Waals surface area contributed by atoms with E-state index in [1.807, 2.05) is 32.9 Å². The summed E-state index contributed by atoms with van der Waals surface area (Å²) >= 11 is 0. The van der Waals surface area contributed by atoms with Crippen molar-refractivity contribution in [2.45, 2.75) is 32.7 Å². The Morgan fingerprint density at radius 3 is 2.46 bits per heavy atom. The highest BCUT2D eigenvalue weighted by Crippen LogP contribution is 2.24. The summed E-state index contributed by atoms with van der Waals surface area (Å²) in [6.45, 7) is 5.91. The lowest BCUT2D eigenvalue weighted by molar-refractivity contribution is 0.250. The first kappa shape index (κ1) is 18.2. The summed E-state index contributed by atoms with van der Waals surface area (Å²) in [6, 6.07) is 6.79. The van der Waals surface area contributed by atoms with Gasteiger partial charge in [0.2, 0.25) is 5.89 Å². The molecule has 2 N–H and O–H groups in total. The third kappa shape index (κ3) is 5.19. The van der Waals surface area contributed by atoms with Crippen LogP contribution in [0.2, 0.25) is 0 Å². The maximum absolute atomic E-state index is 11.9. The fourth-order valence-corrected chi connectivity index (χ4v) is 2.96. The smallest absolute Gasteiger partial charge is 0.319 e. The Morgan fingerprint density at radius 2 is 1.92 bits per heavy atom. The van der Waals surface area contributed by atoms with Crippen LogP contribution in [0.15, 0.2) is 34.9 Å². The van der Waals surface area contributed by atoms with Crippen molar-refractivity contribution in [2.24, 2.45) is 0 Å². The first-order valence-electron chi connectivity index (χ1n) is 7.79.